The van der Waals surface area contributed by atoms with Gasteiger partial charge in [0.2, 0.25) is 0 Å². The summed E-state index contributed by atoms with van der Waals surface area (Å²) in [6, 6.07) is 4.70. The second-order valence-electron chi connectivity index (χ2n) is 3.36. The topological polar surface area (TPSA) is 29.3 Å². The van der Waals surface area contributed by atoms with Crippen LogP contribution >= 0.6 is 11.3 Å². The molecular formula is C9H14N2S. The van der Waals surface area contributed by atoms with Gasteiger partial charge in [-0.25, -0.2) is 0 Å². The minimum Gasteiger partial charge on any atom is -0.326 e. The maximum absolute atomic E-state index is 5.82. The van der Waals surface area contributed by atoms with Crippen molar-refractivity contribution in [3.63, 3.8) is 0 Å². The average Bonchev–Trinajstić information content (AvgIpc) is 2.63. The monoisotopic (exact) mass is 182 g/mol. The third-order valence-corrected chi connectivity index (χ3v) is 3.13. The van der Waals surface area contributed by atoms with Gasteiger partial charge in [0.05, 0.1) is 0 Å². The van der Waals surface area contributed by atoms with Gasteiger partial charge >= 0.3 is 0 Å². The summed E-state index contributed by atoms with van der Waals surface area (Å²) in [5.41, 5.74) is 5.82. The molecule has 1 aromatic rings. The Kier molecular flexibility index (Phi) is 2.44. The SMILES string of the molecule is N[C@H]1CCN(Cc2cccs2)C1. The van der Waals surface area contributed by atoms with E-state index in [1.165, 1.54) is 11.4 Å². The number of hydrogen-bond donors (Lipinski definition) is 1. The standard InChI is InChI=1S/C9H14N2S/c10-8-3-4-11(6-8)7-9-2-1-5-12-9/h1-2,5,8H,3-4,6-7,10H2/t8-/m0/s1. The fourth-order valence-corrected chi connectivity index (χ4v) is 2.38. The van der Waals surface area contributed by atoms with Gasteiger partial charge in [-0.15, -0.1) is 11.3 Å². The van der Waals surface area contributed by atoms with E-state index in [2.05, 4.69) is 22.4 Å². The molecule has 1 saturated heterocycles. The Hall–Kier alpha value is -0.380. The summed E-state index contributed by atoms with van der Waals surface area (Å²) >= 11 is 1.83. The van der Waals surface area contributed by atoms with Crippen LogP contribution in [-0.4, -0.2) is 24.0 Å². The van der Waals surface area contributed by atoms with Crippen molar-refractivity contribution >= 4 is 11.3 Å². The Bertz CT molecular complexity index is 233. The molecule has 2 N–H and O–H groups in total. The van der Waals surface area contributed by atoms with Gasteiger partial charge in [-0.2, -0.15) is 0 Å². The molecule has 1 aliphatic rings. The fraction of sp³-hybridized carbons (Fsp3) is 0.556. The van der Waals surface area contributed by atoms with Crippen LogP contribution in [0.2, 0.25) is 0 Å². The van der Waals surface area contributed by atoms with Gasteiger partial charge in [0.25, 0.3) is 0 Å². The maximum atomic E-state index is 5.82. The summed E-state index contributed by atoms with van der Waals surface area (Å²) in [5, 5.41) is 2.13. The van der Waals surface area contributed by atoms with Crippen molar-refractivity contribution in [1.29, 1.82) is 0 Å². The lowest BCUT2D eigenvalue weighted by atomic mass is 10.3. The zero-order chi connectivity index (χ0) is 8.39. The maximum Gasteiger partial charge on any atom is 0.0328 e. The van der Waals surface area contributed by atoms with E-state index in [1.807, 2.05) is 11.3 Å². The van der Waals surface area contributed by atoms with E-state index >= 15 is 0 Å². The van der Waals surface area contributed by atoms with Crippen molar-refractivity contribution in [3.05, 3.63) is 22.4 Å². The first-order valence-electron chi connectivity index (χ1n) is 4.35. The Balaban J connectivity index is 1.88. The Morgan fingerprint density at radius 3 is 3.17 bits per heavy atom. The molecule has 0 aromatic carbocycles. The van der Waals surface area contributed by atoms with Gasteiger partial charge in [0.1, 0.15) is 0 Å². The lowest BCUT2D eigenvalue weighted by molar-refractivity contribution is 0.330. The summed E-state index contributed by atoms with van der Waals surface area (Å²) < 4.78 is 0. The molecule has 1 aromatic heterocycles. The first-order valence-corrected chi connectivity index (χ1v) is 5.23. The number of nitrogens with two attached hydrogens (primary N) is 1. The molecule has 1 aliphatic heterocycles. The summed E-state index contributed by atoms with van der Waals surface area (Å²) in [6.45, 7) is 3.32. The molecule has 0 bridgehead atoms. The van der Waals surface area contributed by atoms with Crippen molar-refractivity contribution in [2.24, 2.45) is 5.73 Å². The highest BCUT2D eigenvalue weighted by Gasteiger charge is 2.18. The molecule has 2 rings (SSSR count). The van der Waals surface area contributed by atoms with E-state index in [4.69, 9.17) is 5.73 Å². The van der Waals surface area contributed by atoms with Gasteiger partial charge < -0.3 is 5.73 Å². The van der Waals surface area contributed by atoms with E-state index in [9.17, 15) is 0 Å². The molecule has 1 fully saturated rings. The fourth-order valence-electron chi connectivity index (χ4n) is 1.63. The Morgan fingerprint density at radius 1 is 1.67 bits per heavy atom. The molecular weight excluding hydrogens is 168 g/mol. The highest BCUT2D eigenvalue weighted by atomic mass is 32.1. The first kappa shape index (κ1) is 8.23. The lowest BCUT2D eigenvalue weighted by Crippen LogP contribution is -2.25. The molecule has 2 nitrogen and oxygen atoms in total. The smallest absolute Gasteiger partial charge is 0.0328 e. The number of thiophene rings is 1. The molecule has 66 valence electrons. The minimum atomic E-state index is 0.407. The number of rotatable bonds is 2. The largest absolute Gasteiger partial charge is 0.326 e. The Labute approximate surface area is 77.0 Å². The summed E-state index contributed by atoms with van der Waals surface area (Å²) in [5.74, 6) is 0. The summed E-state index contributed by atoms with van der Waals surface area (Å²) in [7, 11) is 0. The van der Waals surface area contributed by atoms with E-state index in [-0.39, 0.29) is 0 Å². The molecule has 3 heteroatoms. The first-order chi connectivity index (χ1) is 5.84. The molecule has 0 spiro atoms. The van der Waals surface area contributed by atoms with Crippen molar-refractivity contribution in [2.75, 3.05) is 13.1 Å². The molecule has 0 saturated carbocycles. The zero-order valence-electron chi connectivity index (χ0n) is 7.07. The van der Waals surface area contributed by atoms with E-state index in [0.29, 0.717) is 6.04 Å². The van der Waals surface area contributed by atoms with Crippen LogP contribution in [0.5, 0.6) is 0 Å². The molecule has 12 heavy (non-hydrogen) atoms. The molecule has 0 aliphatic carbocycles. The quantitative estimate of drug-likeness (QED) is 0.746. The second-order valence-corrected chi connectivity index (χ2v) is 4.40. The van der Waals surface area contributed by atoms with Crippen LogP contribution in [-0.2, 0) is 6.54 Å². The van der Waals surface area contributed by atoms with Crippen molar-refractivity contribution < 1.29 is 0 Å². The van der Waals surface area contributed by atoms with Crippen molar-refractivity contribution in [2.45, 2.75) is 19.0 Å². The summed E-state index contributed by atoms with van der Waals surface area (Å²) in [6.07, 6.45) is 1.16. The van der Waals surface area contributed by atoms with Crippen LogP contribution in [0.15, 0.2) is 17.5 Å². The zero-order valence-corrected chi connectivity index (χ0v) is 7.89. The third kappa shape index (κ3) is 1.86. The number of nitrogens with zero attached hydrogens (tertiary/aromatic N) is 1. The second kappa shape index (κ2) is 3.56. The number of likely N-dealkylation sites (tertiary alicyclic amines) is 1. The van der Waals surface area contributed by atoms with Crippen LogP contribution in [0, 0.1) is 0 Å². The number of hydrogen-bond acceptors (Lipinski definition) is 3. The predicted molar refractivity (Wildman–Crippen MR) is 52.2 cm³/mol. The predicted octanol–water partition coefficient (Wildman–Crippen LogP) is 1.28. The minimum absolute atomic E-state index is 0.407. The molecule has 2 heterocycles. The van der Waals surface area contributed by atoms with Gasteiger partial charge in [-0.1, -0.05) is 6.07 Å². The van der Waals surface area contributed by atoms with Crippen LogP contribution < -0.4 is 5.73 Å². The molecule has 0 amide bonds. The lowest BCUT2D eigenvalue weighted by Gasteiger charge is -2.12. The van der Waals surface area contributed by atoms with Gasteiger partial charge in [-0.05, 0) is 17.9 Å². The van der Waals surface area contributed by atoms with Crippen molar-refractivity contribution in [1.82, 2.24) is 4.90 Å². The van der Waals surface area contributed by atoms with E-state index < -0.39 is 0 Å². The van der Waals surface area contributed by atoms with Gasteiger partial charge in [0, 0.05) is 30.6 Å². The molecule has 1 atom stereocenters. The van der Waals surface area contributed by atoms with Crippen LogP contribution in [0.3, 0.4) is 0 Å². The van der Waals surface area contributed by atoms with Crippen molar-refractivity contribution in [3.8, 4) is 0 Å². The molecule has 0 radical (unpaired) electrons. The summed E-state index contributed by atoms with van der Waals surface area (Å²) in [4.78, 5) is 3.88. The van der Waals surface area contributed by atoms with Crippen LogP contribution in [0.1, 0.15) is 11.3 Å². The third-order valence-electron chi connectivity index (χ3n) is 2.27. The normalized spacial score (nSPS) is 24.9. The molecule has 0 unspecified atom stereocenters. The van der Waals surface area contributed by atoms with Gasteiger partial charge in [-0.3, -0.25) is 4.90 Å². The highest BCUT2D eigenvalue weighted by molar-refractivity contribution is 7.09. The van der Waals surface area contributed by atoms with Crippen LogP contribution in [0.4, 0.5) is 0 Å². The van der Waals surface area contributed by atoms with E-state index in [0.717, 1.165) is 19.5 Å². The van der Waals surface area contributed by atoms with E-state index in [1.54, 1.807) is 0 Å². The average molecular weight is 182 g/mol. The highest BCUT2D eigenvalue weighted by Crippen LogP contribution is 2.15. The van der Waals surface area contributed by atoms with Crippen LogP contribution in [0.25, 0.3) is 0 Å². The Morgan fingerprint density at radius 2 is 2.58 bits per heavy atom. The van der Waals surface area contributed by atoms with Gasteiger partial charge in [0.15, 0.2) is 0 Å².